The zero-order valence-corrected chi connectivity index (χ0v) is 18.0. The number of anilines is 1. The maximum Gasteiger partial charge on any atom is 0.229 e. The minimum absolute atomic E-state index is 0.00946. The van der Waals surface area contributed by atoms with Crippen molar-refractivity contribution in [1.82, 2.24) is 14.8 Å². The van der Waals surface area contributed by atoms with E-state index >= 15 is 0 Å². The molecule has 2 aromatic carbocycles. The third kappa shape index (κ3) is 4.97. The quantitative estimate of drug-likeness (QED) is 0.377. The molecule has 160 valence electrons. The van der Waals surface area contributed by atoms with Gasteiger partial charge in [0, 0.05) is 25.4 Å². The molecule has 0 radical (unpaired) electrons. The third-order valence-electron chi connectivity index (χ3n) is 4.68. The first-order valence-electron chi connectivity index (χ1n) is 9.54. The molecule has 0 saturated heterocycles. The molecular formula is C21H19FN4O3S2. The summed E-state index contributed by atoms with van der Waals surface area (Å²) in [5, 5.41) is 4.66. The van der Waals surface area contributed by atoms with Crippen LogP contribution in [0.1, 0.15) is 6.42 Å². The Bertz CT molecular complexity index is 1250. The van der Waals surface area contributed by atoms with Gasteiger partial charge in [-0.1, -0.05) is 23.5 Å². The maximum atomic E-state index is 13.1. The Labute approximate surface area is 182 Å². The molecule has 0 unspecified atom stereocenters. The van der Waals surface area contributed by atoms with Crippen molar-refractivity contribution in [1.29, 1.82) is 0 Å². The van der Waals surface area contributed by atoms with Gasteiger partial charge < -0.3 is 0 Å². The molecular weight excluding hydrogens is 439 g/mol. The number of hydrogen-bond donors (Lipinski definition) is 0. The van der Waals surface area contributed by atoms with Crippen LogP contribution in [0.2, 0.25) is 0 Å². The summed E-state index contributed by atoms with van der Waals surface area (Å²) in [6, 6.07) is 13.9. The number of carbonyl (C=O) groups excluding carboxylic acids is 1. The molecule has 7 nitrogen and oxygen atoms in total. The molecule has 0 N–H and O–H groups in total. The minimum atomic E-state index is -3.72. The summed E-state index contributed by atoms with van der Waals surface area (Å²) in [6.07, 6.45) is 3.23. The van der Waals surface area contributed by atoms with Gasteiger partial charge in [-0.2, -0.15) is 5.10 Å². The van der Waals surface area contributed by atoms with Crippen LogP contribution < -0.4 is 4.90 Å². The second kappa shape index (κ2) is 8.94. The lowest BCUT2D eigenvalue weighted by atomic mass is 10.3. The first kappa shape index (κ1) is 21.1. The van der Waals surface area contributed by atoms with Crippen molar-refractivity contribution < 1.29 is 17.6 Å². The smallest absolute Gasteiger partial charge is 0.229 e. The summed E-state index contributed by atoms with van der Waals surface area (Å²) >= 11 is 1.38. The topological polar surface area (TPSA) is 85.2 Å². The van der Waals surface area contributed by atoms with E-state index in [2.05, 4.69) is 10.1 Å². The van der Waals surface area contributed by atoms with Gasteiger partial charge in [0.2, 0.25) is 5.91 Å². The summed E-state index contributed by atoms with van der Waals surface area (Å²) in [4.78, 5) is 19.1. The minimum Gasteiger partial charge on any atom is -0.286 e. The lowest BCUT2D eigenvalue weighted by Gasteiger charge is -2.20. The fraction of sp³-hybridized carbons (Fsp3) is 0.190. The zero-order valence-electron chi connectivity index (χ0n) is 16.4. The molecule has 2 heterocycles. The standard InChI is InChI=1S/C21H19FN4O3S2/c22-16-6-8-17(9-7-16)31(28,29)15-10-20(27)26(14-13-25-12-3-11-23-25)21-24-18-4-1-2-5-19(18)30-21/h1-9,11-12H,10,13-15H2. The normalized spacial score (nSPS) is 11.6. The predicted octanol–water partition coefficient (Wildman–Crippen LogP) is 3.53. The molecule has 0 bridgehead atoms. The summed E-state index contributed by atoms with van der Waals surface area (Å²) in [5.41, 5.74) is 0.776. The Balaban J connectivity index is 1.53. The highest BCUT2D eigenvalue weighted by Crippen LogP contribution is 2.29. The lowest BCUT2D eigenvalue weighted by molar-refractivity contribution is -0.118. The Kier molecular flexibility index (Phi) is 6.10. The van der Waals surface area contributed by atoms with E-state index in [-0.39, 0.29) is 23.0 Å². The van der Waals surface area contributed by atoms with Gasteiger partial charge in [0.15, 0.2) is 15.0 Å². The molecule has 0 fully saturated rings. The molecule has 4 aromatic rings. The highest BCUT2D eigenvalue weighted by molar-refractivity contribution is 7.91. The Morgan fingerprint density at radius 1 is 1.10 bits per heavy atom. The number of thiazole rings is 1. The second-order valence-corrected chi connectivity index (χ2v) is 9.92. The molecule has 0 saturated carbocycles. The predicted molar refractivity (Wildman–Crippen MR) is 117 cm³/mol. The molecule has 0 aliphatic heterocycles. The average molecular weight is 459 g/mol. The van der Waals surface area contributed by atoms with Crippen molar-refractivity contribution in [2.45, 2.75) is 17.9 Å². The van der Waals surface area contributed by atoms with Gasteiger partial charge in [-0.25, -0.2) is 17.8 Å². The van der Waals surface area contributed by atoms with Gasteiger partial charge in [0.05, 0.1) is 27.4 Å². The Morgan fingerprint density at radius 3 is 2.58 bits per heavy atom. The van der Waals surface area contributed by atoms with Crippen molar-refractivity contribution in [3.05, 3.63) is 72.8 Å². The zero-order chi connectivity index (χ0) is 21.8. The highest BCUT2D eigenvalue weighted by atomic mass is 32.2. The Hall–Kier alpha value is -3.11. The van der Waals surface area contributed by atoms with Crippen LogP contribution in [-0.4, -0.2) is 41.4 Å². The highest BCUT2D eigenvalue weighted by Gasteiger charge is 2.23. The van der Waals surface area contributed by atoms with E-state index < -0.39 is 15.7 Å². The molecule has 31 heavy (non-hydrogen) atoms. The van der Waals surface area contributed by atoms with Crippen LogP contribution in [0.25, 0.3) is 10.2 Å². The fourth-order valence-electron chi connectivity index (χ4n) is 3.05. The van der Waals surface area contributed by atoms with E-state index in [9.17, 15) is 17.6 Å². The number of nitrogens with zero attached hydrogens (tertiary/aromatic N) is 4. The van der Waals surface area contributed by atoms with Crippen molar-refractivity contribution >= 4 is 42.4 Å². The number of rotatable bonds is 8. The molecule has 1 amide bonds. The molecule has 0 atom stereocenters. The first-order chi connectivity index (χ1) is 14.9. The molecule has 0 aliphatic rings. The second-order valence-electron chi connectivity index (χ2n) is 6.80. The van der Waals surface area contributed by atoms with Crippen LogP contribution in [0, 0.1) is 5.82 Å². The summed E-state index contributed by atoms with van der Waals surface area (Å²) in [5.74, 6) is -1.24. The number of halogens is 1. The molecule has 2 aromatic heterocycles. The molecule has 4 rings (SSSR count). The van der Waals surface area contributed by atoms with Crippen LogP contribution in [-0.2, 0) is 21.2 Å². The number of para-hydroxylation sites is 1. The third-order valence-corrected chi connectivity index (χ3v) is 7.48. The van der Waals surface area contributed by atoms with E-state index in [4.69, 9.17) is 0 Å². The monoisotopic (exact) mass is 458 g/mol. The van der Waals surface area contributed by atoms with Gasteiger partial charge in [-0.05, 0) is 42.5 Å². The van der Waals surface area contributed by atoms with Gasteiger partial charge in [-0.15, -0.1) is 0 Å². The van der Waals surface area contributed by atoms with Crippen LogP contribution in [0.5, 0.6) is 0 Å². The van der Waals surface area contributed by atoms with Gasteiger partial charge in [0.25, 0.3) is 0 Å². The van der Waals surface area contributed by atoms with Crippen molar-refractivity contribution in [2.75, 3.05) is 17.2 Å². The summed E-state index contributed by atoms with van der Waals surface area (Å²) in [6.45, 7) is 0.746. The van der Waals surface area contributed by atoms with E-state index in [1.54, 1.807) is 23.1 Å². The molecule has 0 aliphatic carbocycles. The largest absolute Gasteiger partial charge is 0.286 e. The molecule has 0 spiro atoms. The van der Waals surface area contributed by atoms with Crippen molar-refractivity contribution in [3.63, 3.8) is 0 Å². The van der Waals surface area contributed by atoms with Crippen LogP contribution >= 0.6 is 11.3 Å². The number of benzene rings is 2. The first-order valence-corrected chi connectivity index (χ1v) is 12.0. The van der Waals surface area contributed by atoms with Gasteiger partial charge >= 0.3 is 0 Å². The lowest BCUT2D eigenvalue weighted by Crippen LogP contribution is -2.35. The SMILES string of the molecule is O=C(CCS(=O)(=O)c1ccc(F)cc1)N(CCn1cccn1)c1nc2ccccc2s1. The van der Waals surface area contributed by atoms with E-state index in [1.165, 1.54) is 28.4 Å². The van der Waals surface area contributed by atoms with Crippen molar-refractivity contribution in [3.8, 4) is 0 Å². The Morgan fingerprint density at radius 2 is 1.87 bits per heavy atom. The average Bonchev–Trinajstić information content (AvgIpc) is 3.42. The van der Waals surface area contributed by atoms with Gasteiger partial charge in [0.1, 0.15) is 5.82 Å². The van der Waals surface area contributed by atoms with Crippen LogP contribution in [0.15, 0.2) is 71.9 Å². The number of sulfone groups is 1. The number of aromatic nitrogens is 3. The number of carbonyl (C=O) groups is 1. The van der Waals surface area contributed by atoms with Crippen molar-refractivity contribution in [2.24, 2.45) is 0 Å². The fourth-order valence-corrected chi connectivity index (χ4v) is 5.29. The number of hydrogen-bond acceptors (Lipinski definition) is 6. The summed E-state index contributed by atoms with van der Waals surface area (Å²) in [7, 11) is -3.72. The van der Waals surface area contributed by atoms with E-state index in [0.717, 1.165) is 22.3 Å². The van der Waals surface area contributed by atoms with E-state index in [1.807, 2.05) is 24.3 Å². The number of fused-ring (bicyclic) bond motifs is 1. The summed E-state index contributed by atoms with van der Waals surface area (Å²) < 4.78 is 40.9. The molecule has 10 heteroatoms. The van der Waals surface area contributed by atoms with E-state index in [0.29, 0.717) is 18.2 Å². The van der Waals surface area contributed by atoms with Gasteiger partial charge in [-0.3, -0.25) is 14.4 Å². The number of amides is 1. The van der Waals surface area contributed by atoms with Crippen LogP contribution in [0.3, 0.4) is 0 Å². The van der Waals surface area contributed by atoms with Crippen LogP contribution in [0.4, 0.5) is 9.52 Å². The maximum absolute atomic E-state index is 13.1.